The van der Waals surface area contributed by atoms with Crippen molar-refractivity contribution in [3.63, 3.8) is 0 Å². The summed E-state index contributed by atoms with van der Waals surface area (Å²) in [5, 5.41) is 2.72. The zero-order chi connectivity index (χ0) is 17.4. The van der Waals surface area contributed by atoms with E-state index in [1.165, 1.54) is 19.2 Å². The number of hydrogen-bond acceptors (Lipinski definition) is 5. The second kappa shape index (κ2) is 8.81. The lowest BCUT2D eigenvalue weighted by Crippen LogP contribution is -2.25. The molecular formula is C17H19FN2O4. The van der Waals surface area contributed by atoms with E-state index >= 15 is 0 Å². The summed E-state index contributed by atoms with van der Waals surface area (Å²) in [7, 11) is 1.33. The van der Waals surface area contributed by atoms with Crippen molar-refractivity contribution in [2.75, 3.05) is 13.7 Å². The van der Waals surface area contributed by atoms with Crippen LogP contribution < -0.4 is 5.32 Å². The van der Waals surface area contributed by atoms with Gasteiger partial charge in [0.15, 0.2) is 11.7 Å². The van der Waals surface area contributed by atoms with Gasteiger partial charge in [0.05, 0.1) is 13.3 Å². The molecule has 6 nitrogen and oxygen atoms in total. The van der Waals surface area contributed by atoms with Gasteiger partial charge in [-0.05, 0) is 30.7 Å². The average molecular weight is 334 g/mol. The maximum atomic E-state index is 12.9. The fraction of sp³-hybridized carbons (Fsp3) is 0.353. The highest BCUT2D eigenvalue weighted by Crippen LogP contribution is 2.21. The summed E-state index contributed by atoms with van der Waals surface area (Å²) in [6, 6.07) is 5.90. The minimum Gasteiger partial charge on any atom is -0.469 e. The van der Waals surface area contributed by atoms with Crippen molar-refractivity contribution in [3.05, 3.63) is 42.2 Å². The van der Waals surface area contributed by atoms with Crippen molar-refractivity contribution in [3.8, 4) is 11.3 Å². The van der Waals surface area contributed by atoms with Crippen LogP contribution in [0.5, 0.6) is 0 Å². The van der Waals surface area contributed by atoms with E-state index in [1.807, 2.05) is 0 Å². The molecule has 1 aromatic heterocycles. The van der Waals surface area contributed by atoms with E-state index in [0.29, 0.717) is 31.0 Å². The summed E-state index contributed by atoms with van der Waals surface area (Å²) in [6.45, 7) is 0.417. The van der Waals surface area contributed by atoms with Gasteiger partial charge in [-0.1, -0.05) is 0 Å². The Morgan fingerprint density at radius 3 is 2.71 bits per heavy atom. The molecule has 0 fully saturated rings. The van der Waals surface area contributed by atoms with Crippen molar-refractivity contribution < 1.29 is 23.1 Å². The normalized spacial score (nSPS) is 10.4. The first kappa shape index (κ1) is 17.7. The highest BCUT2D eigenvalue weighted by Gasteiger charge is 2.09. The second-order valence-electron chi connectivity index (χ2n) is 5.15. The highest BCUT2D eigenvalue weighted by molar-refractivity contribution is 5.76. The third kappa shape index (κ3) is 5.49. The number of carbonyl (C=O) groups is 2. The van der Waals surface area contributed by atoms with Gasteiger partial charge in [0, 0.05) is 31.4 Å². The average Bonchev–Trinajstić information content (AvgIpc) is 3.06. The molecule has 2 rings (SSSR count). The summed E-state index contributed by atoms with van der Waals surface area (Å²) in [6.07, 6.45) is 2.96. The first-order valence-electron chi connectivity index (χ1n) is 7.62. The maximum Gasteiger partial charge on any atom is 0.305 e. The minimum absolute atomic E-state index is 0.138. The number of ether oxygens (including phenoxy) is 1. The molecule has 0 atom stereocenters. The Morgan fingerprint density at radius 1 is 1.25 bits per heavy atom. The Kier molecular flexibility index (Phi) is 6.48. The number of esters is 1. The van der Waals surface area contributed by atoms with E-state index in [4.69, 9.17) is 4.42 Å². The number of rotatable bonds is 8. The van der Waals surface area contributed by atoms with E-state index in [2.05, 4.69) is 15.0 Å². The van der Waals surface area contributed by atoms with Gasteiger partial charge in [-0.15, -0.1) is 0 Å². The molecule has 128 valence electrons. The topological polar surface area (TPSA) is 81.4 Å². The Balaban J connectivity index is 1.73. The van der Waals surface area contributed by atoms with E-state index in [1.54, 1.807) is 18.3 Å². The second-order valence-corrected chi connectivity index (χ2v) is 5.15. The zero-order valence-electron chi connectivity index (χ0n) is 13.4. The Labute approximate surface area is 139 Å². The quantitative estimate of drug-likeness (QED) is 0.592. The molecule has 1 amide bonds. The summed E-state index contributed by atoms with van der Waals surface area (Å²) in [4.78, 5) is 26.8. The molecule has 2 aromatic rings. The number of hydrogen-bond donors (Lipinski definition) is 1. The van der Waals surface area contributed by atoms with Gasteiger partial charge in [0.25, 0.3) is 0 Å². The smallest absolute Gasteiger partial charge is 0.305 e. The van der Waals surface area contributed by atoms with Crippen molar-refractivity contribution >= 4 is 11.9 Å². The van der Waals surface area contributed by atoms with Gasteiger partial charge in [0.1, 0.15) is 5.82 Å². The molecule has 1 N–H and O–H groups in total. The van der Waals surface area contributed by atoms with E-state index in [9.17, 15) is 14.0 Å². The van der Waals surface area contributed by atoms with Crippen molar-refractivity contribution in [1.82, 2.24) is 10.3 Å². The Bertz CT molecular complexity index is 682. The largest absolute Gasteiger partial charge is 0.469 e. The summed E-state index contributed by atoms with van der Waals surface area (Å²) in [5.74, 6) is 0.226. The Morgan fingerprint density at radius 2 is 2.00 bits per heavy atom. The third-order valence-corrected chi connectivity index (χ3v) is 3.36. The minimum atomic E-state index is -0.317. The fourth-order valence-electron chi connectivity index (χ4n) is 2.04. The molecule has 0 spiro atoms. The number of methoxy groups -OCH3 is 1. The van der Waals surface area contributed by atoms with E-state index in [0.717, 1.165) is 5.56 Å². The molecule has 24 heavy (non-hydrogen) atoms. The van der Waals surface area contributed by atoms with Gasteiger partial charge >= 0.3 is 5.97 Å². The van der Waals surface area contributed by atoms with Gasteiger partial charge in [-0.2, -0.15) is 0 Å². The van der Waals surface area contributed by atoms with Gasteiger partial charge in [0.2, 0.25) is 5.91 Å². The van der Waals surface area contributed by atoms with Crippen molar-refractivity contribution in [2.45, 2.75) is 25.7 Å². The number of oxazole rings is 1. The van der Waals surface area contributed by atoms with Gasteiger partial charge in [-0.25, -0.2) is 9.37 Å². The van der Waals surface area contributed by atoms with E-state index < -0.39 is 0 Å². The van der Waals surface area contributed by atoms with Crippen LogP contribution in [0.1, 0.15) is 25.2 Å². The summed E-state index contributed by atoms with van der Waals surface area (Å²) < 4.78 is 23.0. The summed E-state index contributed by atoms with van der Waals surface area (Å²) in [5.41, 5.74) is 0.724. The zero-order valence-corrected chi connectivity index (χ0v) is 13.4. The number of amides is 1. The van der Waals surface area contributed by atoms with Crippen LogP contribution in [0.15, 0.2) is 34.9 Å². The predicted molar refractivity (Wildman–Crippen MR) is 84.5 cm³/mol. The molecule has 0 aliphatic heterocycles. The molecule has 1 aromatic carbocycles. The van der Waals surface area contributed by atoms with Crippen LogP contribution in [-0.4, -0.2) is 30.5 Å². The lowest BCUT2D eigenvalue weighted by molar-refractivity contribution is -0.140. The number of carbonyl (C=O) groups excluding carboxylic acids is 2. The molecule has 0 radical (unpaired) electrons. The number of aryl methyl sites for hydroxylation is 1. The van der Waals surface area contributed by atoms with Crippen LogP contribution >= 0.6 is 0 Å². The van der Waals surface area contributed by atoms with Crippen molar-refractivity contribution in [1.29, 1.82) is 0 Å². The lowest BCUT2D eigenvalue weighted by atomic mass is 10.2. The lowest BCUT2D eigenvalue weighted by Gasteiger charge is -2.03. The highest BCUT2D eigenvalue weighted by atomic mass is 19.1. The van der Waals surface area contributed by atoms with Crippen LogP contribution in [0.25, 0.3) is 11.3 Å². The first-order valence-corrected chi connectivity index (χ1v) is 7.62. The SMILES string of the molecule is COC(=O)CCCNC(=O)CCc1ncc(-c2ccc(F)cc2)o1. The van der Waals surface area contributed by atoms with Crippen LogP contribution in [0, 0.1) is 5.82 Å². The van der Waals surface area contributed by atoms with E-state index in [-0.39, 0.29) is 30.5 Å². The number of nitrogens with zero attached hydrogens (tertiary/aromatic N) is 1. The molecule has 0 aliphatic carbocycles. The predicted octanol–water partition coefficient (Wildman–Crippen LogP) is 2.48. The van der Waals surface area contributed by atoms with Crippen molar-refractivity contribution in [2.24, 2.45) is 0 Å². The molecule has 0 saturated carbocycles. The molecule has 0 unspecified atom stereocenters. The first-order chi connectivity index (χ1) is 11.6. The number of aromatic nitrogens is 1. The molecule has 7 heteroatoms. The standard InChI is InChI=1S/C17H19FN2O4/c1-23-17(22)3-2-10-19-15(21)8-9-16-20-11-14(24-16)12-4-6-13(18)7-5-12/h4-7,11H,2-3,8-10H2,1H3,(H,19,21). The number of benzene rings is 1. The molecule has 0 bridgehead atoms. The number of halogens is 1. The van der Waals surface area contributed by atoms with Gasteiger partial charge < -0.3 is 14.5 Å². The van der Waals surface area contributed by atoms with Crippen LogP contribution in [0.2, 0.25) is 0 Å². The molecule has 0 saturated heterocycles. The van der Waals surface area contributed by atoms with Crippen LogP contribution in [-0.2, 0) is 20.7 Å². The third-order valence-electron chi connectivity index (χ3n) is 3.36. The monoisotopic (exact) mass is 334 g/mol. The van der Waals surface area contributed by atoms with Crippen LogP contribution in [0.4, 0.5) is 4.39 Å². The fourth-order valence-corrected chi connectivity index (χ4v) is 2.04. The Hall–Kier alpha value is -2.70. The summed E-state index contributed by atoms with van der Waals surface area (Å²) >= 11 is 0. The van der Waals surface area contributed by atoms with Crippen LogP contribution in [0.3, 0.4) is 0 Å². The van der Waals surface area contributed by atoms with Gasteiger partial charge in [-0.3, -0.25) is 9.59 Å². The molecular weight excluding hydrogens is 315 g/mol. The number of nitrogens with one attached hydrogen (secondary N) is 1. The molecule has 1 heterocycles. The molecule has 0 aliphatic rings. The maximum absolute atomic E-state index is 12.9.